The summed E-state index contributed by atoms with van der Waals surface area (Å²) in [6.07, 6.45) is 1.65. The Morgan fingerprint density at radius 2 is 1.63 bits per heavy atom. The first-order chi connectivity index (χ1) is 19.4. The third-order valence-electron chi connectivity index (χ3n) is 6.44. The first-order valence-electron chi connectivity index (χ1n) is 12.9. The molecular weight excluding hydrogens is 628 g/mol. The topological polar surface area (TPSA) is 86.8 Å². The largest absolute Gasteiger partial charge is 0.354 e. The second kappa shape index (κ2) is 14.6. The van der Waals surface area contributed by atoms with Gasteiger partial charge in [0.25, 0.3) is 10.0 Å². The second-order valence-electron chi connectivity index (χ2n) is 9.48. The van der Waals surface area contributed by atoms with Gasteiger partial charge in [-0.3, -0.25) is 13.9 Å². The minimum absolute atomic E-state index is 0.0256. The monoisotopic (exact) mass is 657 g/mol. The summed E-state index contributed by atoms with van der Waals surface area (Å²) in [5.74, 6) is -1.04. The van der Waals surface area contributed by atoms with Gasteiger partial charge in [0.1, 0.15) is 12.6 Å². The molecule has 1 atom stereocenters. The number of hydrogen-bond donors (Lipinski definition) is 1. The van der Waals surface area contributed by atoms with Gasteiger partial charge in [-0.2, -0.15) is 0 Å². The number of anilines is 1. The smallest absolute Gasteiger partial charge is 0.264 e. The van der Waals surface area contributed by atoms with Crippen molar-refractivity contribution in [2.45, 2.75) is 51.1 Å². The molecule has 3 aromatic rings. The Bertz CT molecular complexity index is 1500. The van der Waals surface area contributed by atoms with Gasteiger partial charge in [0, 0.05) is 23.1 Å². The van der Waals surface area contributed by atoms with Crippen molar-refractivity contribution >= 4 is 73.9 Å². The van der Waals surface area contributed by atoms with Gasteiger partial charge >= 0.3 is 0 Å². The normalized spacial score (nSPS) is 12.1. The molecule has 2 amide bonds. The van der Waals surface area contributed by atoms with Crippen molar-refractivity contribution in [2.24, 2.45) is 0 Å². The van der Waals surface area contributed by atoms with E-state index < -0.39 is 28.5 Å². The summed E-state index contributed by atoms with van der Waals surface area (Å²) in [5.41, 5.74) is 1.42. The van der Waals surface area contributed by atoms with Gasteiger partial charge in [-0.1, -0.05) is 89.6 Å². The molecule has 3 rings (SSSR count). The van der Waals surface area contributed by atoms with E-state index in [-0.39, 0.29) is 33.1 Å². The molecule has 220 valence electrons. The van der Waals surface area contributed by atoms with Crippen molar-refractivity contribution in [2.75, 3.05) is 17.4 Å². The summed E-state index contributed by atoms with van der Waals surface area (Å²) < 4.78 is 28.8. The molecule has 0 saturated carbocycles. The fraction of sp³-hybridized carbons (Fsp3) is 0.310. The Morgan fingerprint density at radius 1 is 0.951 bits per heavy atom. The maximum Gasteiger partial charge on any atom is 0.264 e. The number of nitrogens with zero attached hydrogens (tertiary/aromatic N) is 2. The number of benzene rings is 3. The highest BCUT2D eigenvalue weighted by Gasteiger charge is 2.34. The van der Waals surface area contributed by atoms with Crippen molar-refractivity contribution in [1.82, 2.24) is 10.2 Å². The molecule has 0 aromatic heterocycles. The fourth-order valence-electron chi connectivity index (χ4n) is 3.99. The molecule has 41 heavy (non-hydrogen) atoms. The Labute approximate surface area is 261 Å². The molecule has 1 N–H and O–H groups in total. The lowest BCUT2D eigenvalue weighted by Gasteiger charge is -2.32. The lowest BCUT2D eigenvalue weighted by molar-refractivity contribution is -0.139. The van der Waals surface area contributed by atoms with Crippen LogP contribution in [0.15, 0.2) is 65.6 Å². The highest BCUT2D eigenvalue weighted by atomic mass is 35.5. The van der Waals surface area contributed by atoms with Crippen molar-refractivity contribution in [3.8, 4) is 0 Å². The summed E-state index contributed by atoms with van der Waals surface area (Å²) in [4.78, 5) is 28.3. The van der Waals surface area contributed by atoms with Crippen LogP contribution >= 0.6 is 46.4 Å². The van der Waals surface area contributed by atoms with Crippen molar-refractivity contribution in [3.63, 3.8) is 0 Å². The van der Waals surface area contributed by atoms with E-state index in [0.717, 1.165) is 22.7 Å². The Kier molecular flexibility index (Phi) is 11.8. The average molecular weight is 659 g/mol. The number of carbonyl (C=O) groups is 2. The van der Waals surface area contributed by atoms with Gasteiger partial charge in [0.15, 0.2) is 0 Å². The molecular formula is C29H31Cl4N3O4S. The first-order valence-corrected chi connectivity index (χ1v) is 15.9. The second-order valence-corrected chi connectivity index (χ2v) is 13.0. The van der Waals surface area contributed by atoms with E-state index in [1.165, 1.54) is 35.2 Å². The highest BCUT2D eigenvalue weighted by Crippen LogP contribution is 2.35. The standard InChI is InChI=1S/C29H31Cl4N3O4S/c1-4-5-15-34-29(38)20(3)35(17-21-11-12-22(30)16-25(21)32)27(37)18-36(26-8-6-7-24(31)28(26)33)41(39,40)23-13-9-19(2)10-14-23/h6-14,16,20H,4-5,15,17-18H2,1-3H3,(H,34,38). The minimum atomic E-state index is -4.29. The molecule has 0 aliphatic carbocycles. The zero-order valence-corrected chi connectivity index (χ0v) is 26.7. The number of carbonyl (C=O) groups excluding carboxylic acids is 2. The molecule has 7 nitrogen and oxygen atoms in total. The van der Waals surface area contributed by atoms with Crippen LogP contribution in [-0.4, -0.2) is 44.3 Å². The number of amides is 2. The molecule has 0 heterocycles. The Morgan fingerprint density at radius 3 is 2.27 bits per heavy atom. The van der Waals surface area contributed by atoms with E-state index in [1.54, 1.807) is 37.3 Å². The van der Waals surface area contributed by atoms with E-state index in [4.69, 9.17) is 46.4 Å². The number of sulfonamides is 1. The van der Waals surface area contributed by atoms with Crippen LogP contribution in [0.1, 0.15) is 37.8 Å². The minimum Gasteiger partial charge on any atom is -0.354 e. The summed E-state index contributed by atoms with van der Waals surface area (Å²) in [5, 5.41) is 3.63. The fourth-order valence-corrected chi connectivity index (χ4v) is 6.33. The number of halogens is 4. The third kappa shape index (κ3) is 8.30. The van der Waals surface area contributed by atoms with Crippen molar-refractivity contribution in [3.05, 3.63) is 91.9 Å². The molecule has 12 heteroatoms. The van der Waals surface area contributed by atoms with Crippen LogP contribution < -0.4 is 9.62 Å². The van der Waals surface area contributed by atoms with E-state index in [0.29, 0.717) is 22.2 Å². The maximum absolute atomic E-state index is 14.0. The van der Waals surface area contributed by atoms with Crippen LogP contribution in [0.4, 0.5) is 5.69 Å². The number of nitrogens with one attached hydrogen (secondary N) is 1. The summed E-state index contributed by atoms with van der Waals surface area (Å²) >= 11 is 25.2. The zero-order valence-electron chi connectivity index (χ0n) is 22.8. The van der Waals surface area contributed by atoms with Crippen LogP contribution in [0.5, 0.6) is 0 Å². The summed E-state index contributed by atoms with van der Waals surface area (Å²) in [6, 6.07) is 14.6. The predicted molar refractivity (Wildman–Crippen MR) is 167 cm³/mol. The number of hydrogen-bond acceptors (Lipinski definition) is 4. The zero-order chi connectivity index (χ0) is 30.3. The van der Waals surface area contributed by atoms with Gasteiger partial charge in [-0.15, -0.1) is 0 Å². The van der Waals surface area contributed by atoms with Crippen LogP contribution in [0.2, 0.25) is 20.1 Å². The van der Waals surface area contributed by atoms with Crippen LogP contribution in [0.3, 0.4) is 0 Å². The van der Waals surface area contributed by atoms with Gasteiger partial charge in [-0.05, 0) is 62.2 Å². The van der Waals surface area contributed by atoms with Gasteiger partial charge < -0.3 is 10.2 Å². The number of aryl methyl sites for hydroxylation is 1. The molecule has 0 saturated heterocycles. The molecule has 0 aliphatic rings. The highest BCUT2D eigenvalue weighted by molar-refractivity contribution is 7.92. The SMILES string of the molecule is CCCCNC(=O)C(C)N(Cc1ccc(Cl)cc1Cl)C(=O)CN(c1cccc(Cl)c1Cl)S(=O)(=O)c1ccc(C)cc1. The molecule has 0 bridgehead atoms. The molecule has 3 aromatic carbocycles. The summed E-state index contributed by atoms with van der Waals surface area (Å²) in [7, 11) is -4.29. The molecule has 0 fully saturated rings. The van der Waals surface area contributed by atoms with E-state index in [1.807, 2.05) is 13.8 Å². The van der Waals surface area contributed by atoms with Crippen LogP contribution in [0.25, 0.3) is 0 Å². The Hall–Kier alpha value is -2.49. The van der Waals surface area contributed by atoms with Crippen LogP contribution in [-0.2, 0) is 26.2 Å². The van der Waals surface area contributed by atoms with E-state index >= 15 is 0 Å². The van der Waals surface area contributed by atoms with E-state index in [2.05, 4.69) is 5.32 Å². The lowest BCUT2D eigenvalue weighted by atomic mass is 10.1. The predicted octanol–water partition coefficient (Wildman–Crippen LogP) is 7.14. The molecule has 0 radical (unpaired) electrons. The number of unbranched alkanes of at least 4 members (excludes halogenated alkanes) is 1. The lowest BCUT2D eigenvalue weighted by Crippen LogP contribution is -2.51. The van der Waals surface area contributed by atoms with E-state index in [9.17, 15) is 18.0 Å². The Balaban J connectivity index is 2.06. The van der Waals surface area contributed by atoms with Gasteiger partial charge in [0.05, 0.1) is 20.6 Å². The third-order valence-corrected chi connectivity index (χ3v) is 9.61. The summed E-state index contributed by atoms with van der Waals surface area (Å²) in [6.45, 7) is 5.12. The first kappa shape index (κ1) is 33.0. The van der Waals surface area contributed by atoms with Crippen LogP contribution in [0, 0.1) is 6.92 Å². The number of rotatable bonds is 12. The average Bonchev–Trinajstić information content (AvgIpc) is 2.93. The quantitative estimate of drug-likeness (QED) is 0.210. The van der Waals surface area contributed by atoms with Gasteiger partial charge in [-0.25, -0.2) is 8.42 Å². The maximum atomic E-state index is 14.0. The molecule has 1 unspecified atom stereocenters. The van der Waals surface area contributed by atoms with Gasteiger partial charge in [0.2, 0.25) is 11.8 Å². The molecule has 0 spiro atoms. The molecule has 0 aliphatic heterocycles. The van der Waals surface area contributed by atoms with Crippen molar-refractivity contribution in [1.29, 1.82) is 0 Å². The van der Waals surface area contributed by atoms with Crippen molar-refractivity contribution < 1.29 is 18.0 Å².